The summed E-state index contributed by atoms with van der Waals surface area (Å²) < 4.78 is 0. The SMILES string of the molecule is C1=C2CC(C(c3ccccc3-c3ccc4c(c3)N/C=C/C3=C(/C=C\c5ccccc5-4)C(c4ccccc4)(c4ccccc4)c4ccccc43)=C1)C(c1ccc3c(c1)C(c1ccccc1)(c1ccccc1)c1ccccc1-3)(c1cccc3ccccc13)C2. The second-order valence-corrected chi connectivity index (χ2v) is 24.2. The lowest BCUT2D eigenvalue weighted by Gasteiger charge is -2.40. The molecule has 0 radical (unpaired) electrons. The van der Waals surface area contributed by atoms with Gasteiger partial charge >= 0.3 is 0 Å². The second kappa shape index (κ2) is 20.3. The van der Waals surface area contributed by atoms with Gasteiger partial charge in [-0.1, -0.05) is 321 Å². The largest absolute Gasteiger partial charge is 0.361 e. The number of nitrogens with one attached hydrogen (secondary N) is 1. The number of benzene rings is 12. The number of fused-ring (bicyclic) bond motifs is 11. The lowest BCUT2D eigenvalue weighted by molar-refractivity contribution is 0.459. The smallest absolute Gasteiger partial charge is 0.0713 e. The molecule has 1 heteroatoms. The van der Waals surface area contributed by atoms with E-state index in [1.54, 1.807) is 0 Å². The van der Waals surface area contributed by atoms with Crippen molar-refractivity contribution in [2.45, 2.75) is 29.1 Å². The van der Waals surface area contributed by atoms with E-state index in [2.05, 4.69) is 339 Å². The maximum absolute atomic E-state index is 3.95. The number of rotatable bonds is 8. The van der Waals surface area contributed by atoms with Crippen LogP contribution in [0.25, 0.3) is 61.4 Å². The van der Waals surface area contributed by atoms with Crippen LogP contribution in [0.2, 0.25) is 0 Å². The standard InChI is InChI=1S/C86H61N/c1-5-27-62(28-6-1)85(63-29-7-2-8-30-63)78-41-21-20-40-72(78)75-52-53-87-83-55-61(45-49-76(83)67-35-15-13-25-60(67)46-51-80(75)85)68-36-17-18-38-70(68)73-48-44-58-54-81(73)84(57-58,77-43-23-26-59-24-14-16-37-69(59)77)66-47-50-74-71-39-19-22-42-79(71)86(82(74)56-66,64-31-9-3-10-32-64)65-33-11-4-12-34-65/h1-53,55-56,81,87H,54,57H2/b51-46-,53-52+. The molecule has 1 aliphatic heterocycles. The number of anilines is 1. The van der Waals surface area contributed by atoms with Gasteiger partial charge < -0.3 is 5.32 Å². The lowest BCUT2D eigenvalue weighted by atomic mass is 9.61. The highest BCUT2D eigenvalue weighted by Crippen LogP contribution is 2.64. The van der Waals surface area contributed by atoms with E-state index >= 15 is 0 Å². The van der Waals surface area contributed by atoms with E-state index in [1.807, 2.05) is 0 Å². The summed E-state index contributed by atoms with van der Waals surface area (Å²) >= 11 is 0. The van der Waals surface area contributed by atoms with E-state index in [0.29, 0.717) is 0 Å². The lowest BCUT2D eigenvalue weighted by Crippen LogP contribution is -2.34. The van der Waals surface area contributed by atoms with E-state index in [1.165, 1.54) is 122 Å². The van der Waals surface area contributed by atoms with E-state index < -0.39 is 16.2 Å². The Morgan fingerprint density at radius 1 is 0.345 bits per heavy atom. The van der Waals surface area contributed by atoms with Crippen LogP contribution in [-0.2, 0) is 16.2 Å². The quantitative estimate of drug-likeness (QED) is 0.160. The van der Waals surface area contributed by atoms with Crippen molar-refractivity contribution in [2.24, 2.45) is 5.92 Å². The number of hydrogen-bond donors (Lipinski definition) is 1. The zero-order valence-electron chi connectivity index (χ0n) is 48.2. The maximum atomic E-state index is 3.95. The minimum Gasteiger partial charge on any atom is -0.361 e. The Hall–Kier alpha value is -10.6. The molecule has 1 fully saturated rings. The molecule has 1 N–H and O–H groups in total. The Bertz CT molecular complexity index is 4800. The fraction of sp³-hybridized carbons (Fsp3) is 0.0698. The van der Waals surface area contributed by atoms with Gasteiger partial charge in [-0.25, -0.2) is 0 Å². The van der Waals surface area contributed by atoms with Gasteiger partial charge in [0, 0.05) is 28.8 Å². The highest BCUT2D eigenvalue weighted by molar-refractivity contribution is 5.97. The van der Waals surface area contributed by atoms with Crippen molar-refractivity contribution in [2.75, 3.05) is 5.32 Å². The van der Waals surface area contributed by atoms with Crippen molar-refractivity contribution in [1.82, 2.24) is 0 Å². The van der Waals surface area contributed by atoms with Crippen LogP contribution < -0.4 is 5.32 Å². The van der Waals surface area contributed by atoms with E-state index in [-0.39, 0.29) is 5.92 Å². The Balaban J connectivity index is 0.831. The molecule has 1 saturated carbocycles. The van der Waals surface area contributed by atoms with E-state index in [9.17, 15) is 0 Å². The molecule has 2 bridgehead atoms. The van der Waals surface area contributed by atoms with Crippen LogP contribution in [0.3, 0.4) is 0 Å². The maximum Gasteiger partial charge on any atom is 0.0713 e. The molecule has 1 nitrogen and oxygen atoms in total. The van der Waals surface area contributed by atoms with Crippen molar-refractivity contribution in [3.05, 3.63) is 406 Å². The Morgan fingerprint density at radius 3 is 1.60 bits per heavy atom. The van der Waals surface area contributed by atoms with Crippen LogP contribution >= 0.6 is 0 Å². The minimum absolute atomic E-state index is 0.130. The molecular formula is C86H61N. The van der Waals surface area contributed by atoms with Crippen molar-refractivity contribution in [3.63, 3.8) is 0 Å². The summed E-state index contributed by atoms with van der Waals surface area (Å²) in [5.41, 5.74) is 27.6. The van der Waals surface area contributed by atoms with Crippen LogP contribution in [0.4, 0.5) is 5.69 Å². The molecule has 2 atom stereocenters. The molecule has 12 aromatic carbocycles. The van der Waals surface area contributed by atoms with E-state index in [0.717, 1.165) is 29.7 Å². The fourth-order valence-corrected chi connectivity index (χ4v) is 16.6. The fourth-order valence-electron chi connectivity index (χ4n) is 16.6. The first-order valence-corrected chi connectivity index (χ1v) is 30.8. The molecule has 4 aliphatic carbocycles. The second-order valence-electron chi connectivity index (χ2n) is 24.2. The topological polar surface area (TPSA) is 12.0 Å². The van der Waals surface area contributed by atoms with Crippen molar-refractivity contribution >= 4 is 33.7 Å². The summed E-state index contributed by atoms with van der Waals surface area (Å²) in [4.78, 5) is 0. The van der Waals surface area contributed by atoms with Gasteiger partial charge in [0.1, 0.15) is 0 Å². The molecule has 5 aliphatic rings. The third-order valence-corrected chi connectivity index (χ3v) is 20.2. The summed E-state index contributed by atoms with van der Waals surface area (Å²) in [5, 5.41) is 6.54. The van der Waals surface area contributed by atoms with Crippen LogP contribution in [-0.4, -0.2) is 0 Å². The van der Waals surface area contributed by atoms with Crippen molar-refractivity contribution in [3.8, 4) is 33.4 Å². The van der Waals surface area contributed by atoms with Gasteiger partial charge in [-0.05, 0) is 147 Å². The van der Waals surface area contributed by atoms with Gasteiger partial charge in [0.15, 0.2) is 0 Å². The van der Waals surface area contributed by atoms with Gasteiger partial charge in [0.05, 0.1) is 10.8 Å². The van der Waals surface area contributed by atoms with Crippen molar-refractivity contribution < 1.29 is 0 Å². The average Bonchev–Trinajstić information content (AvgIpc) is 2.12. The Kier molecular flexibility index (Phi) is 11.9. The zero-order chi connectivity index (χ0) is 57.5. The number of allylic oxidation sites excluding steroid dienone is 8. The molecule has 2 unspecified atom stereocenters. The third kappa shape index (κ3) is 7.59. The van der Waals surface area contributed by atoms with Crippen LogP contribution in [0.5, 0.6) is 0 Å². The summed E-state index contributed by atoms with van der Waals surface area (Å²) in [6.07, 6.45) is 16.1. The first-order chi connectivity index (χ1) is 43.1. The first kappa shape index (κ1) is 50.9. The van der Waals surface area contributed by atoms with Gasteiger partial charge in [-0.15, -0.1) is 0 Å². The van der Waals surface area contributed by atoms with Gasteiger partial charge in [-0.2, -0.15) is 0 Å². The monoisotopic (exact) mass is 1110 g/mol. The van der Waals surface area contributed by atoms with Crippen LogP contribution in [0, 0.1) is 5.92 Å². The molecule has 17 rings (SSSR count). The van der Waals surface area contributed by atoms with Crippen molar-refractivity contribution in [1.29, 1.82) is 0 Å². The normalized spacial score (nSPS) is 18.7. The molecule has 0 amide bonds. The predicted molar refractivity (Wildman–Crippen MR) is 362 cm³/mol. The molecule has 12 aromatic rings. The molecular weight excluding hydrogens is 1050 g/mol. The Labute approximate surface area is 510 Å². The van der Waals surface area contributed by atoms with Gasteiger partial charge in [0.25, 0.3) is 0 Å². The van der Waals surface area contributed by atoms with Gasteiger partial charge in [0.2, 0.25) is 0 Å². The summed E-state index contributed by atoms with van der Waals surface area (Å²) in [5.74, 6) is 0.130. The number of hydrogen-bond acceptors (Lipinski definition) is 1. The summed E-state index contributed by atoms with van der Waals surface area (Å²) in [7, 11) is 0. The molecule has 0 aromatic heterocycles. The molecule has 1 heterocycles. The minimum atomic E-state index is -0.544. The summed E-state index contributed by atoms with van der Waals surface area (Å²) in [6.45, 7) is 0. The Morgan fingerprint density at radius 2 is 0.885 bits per heavy atom. The van der Waals surface area contributed by atoms with Crippen LogP contribution in [0.15, 0.2) is 339 Å². The average molecular weight is 1110 g/mol. The van der Waals surface area contributed by atoms with Gasteiger partial charge in [-0.3, -0.25) is 0 Å². The third-order valence-electron chi connectivity index (χ3n) is 20.2. The zero-order valence-corrected chi connectivity index (χ0v) is 48.2. The molecule has 87 heavy (non-hydrogen) atoms. The molecule has 0 spiro atoms. The first-order valence-electron chi connectivity index (χ1n) is 30.8. The van der Waals surface area contributed by atoms with E-state index in [4.69, 9.17) is 0 Å². The predicted octanol–water partition coefficient (Wildman–Crippen LogP) is 21.0. The highest BCUT2D eigenvalue weighted by Gasteiger charge is 2.54. The summed E-state index contributed by atoms with van der Waals surface area (Å²) in [6, 6.07) is 112. The molecule has 0 saturated heterocycles. The highest BCUT2D eigenvalue weighted by atomic mass is 14.8. The van der Waals surface area contributed by atoms with Crippen LogP contribution in [0.1, 0.15) is 79.6 Å². The molecule has 410 valence electrons.